The lowest BCUT2D eigenvalue weighted by Crippen LogP contribution is -2.02. The van der Waals surface area contributed by atoms with Crippen LogP contribution in [0, 0.1) is 11.6 Å². The van der Waals surface area contributed by atoms with Crippen molar-refractivity contribution in [1.29, 1.82) is 0 Å². The topological polar surface area (TPSA) is 41.6 Å². The number of nitrogens with one attached hydrogen (secondary N) is 1. The number of aromatic nitrogens is 3. The summed E-state index contributed by atoms with van der Waals surface area (Å²) >= 11 is 6.84. The molecule has 0 saturated carbocycles. The smallest absolute Gasteiger partial charge is 0.130 e. The van der Waals surface area contributed by atoms with E-state index in [9.17, 15) is 0 Å². The van der Waals surface area contributed by atoms with E-state index in [0.717, 1.165) is 28.6 Å². The lowest BCUT2D eigenvalue weighted by atomic mass is 10.1. The average molecular weight is 265 g/mol. The van der Waals surface area contributed by atoms with E-state index in [0.29, 0.717) is 10.6 Å². The second-order valence-corrected chi connectivity index (χ2v) is 5.70. The van der Waals surface area contributed by atoms with E-state index in [1.807, 2.05) is 13.0 Å². The van der Waals surface area contributed by atoms with Crippen molar-refractivity contribution in [2.45, 2.75) is 33.1 Å². The van der Waals surface area contributed by atoms with Gasteiger partial charge in [-0.1, -0.05) is 26.1 Å². The van der Waals surface area contributed by atoms with Crippen LogP contribution in [0.15, 0.2) is 11.4 Å². The van der Waals surface area contributed by atoms with E-state index < -0.39 is 0 Å². The van der Waals surface area contributed by atoms with Crippen molar-refractivity contribution < 1.29 is 0 Å². The van der Waals surface area contributed by atoms with Crippen LogP contribution in [0.3, 0.4) is 0 Å². The van der Waals surface area contributed by atoms with Crippen molar-refractivity contribution >= 4 is 23.6 Å². The zero-order chi connectivity index (χ0) is 12.4. The maximum atomic E-state index is 5.18. The van der Waals surface area contributed by atoms with Gasteiger partial charge in [-0.25, -0.2) is 9.97 Å². The molecule has 0 atom stereocenters. The van der Waals surface area contributed by atoms with Gasteiger partial charge >= 0.3 is 0 Å². The Morgan fingerprint density at radius 2 is 2.18 bits per heavy atom. The zero-order valence-corrected chi connectivity index (χ0v) is 11.8. The third-order valence-corrected chi connectivity index (χ3v) is 3.60. The van der Waals surface area contributed by atoms with Crippen LogP contribution in [0.25, 0.3) is 0 Å². The molecule has 0 saturated heterocycles. The molecule has 2 heterocycles. The van der Waals surface area contributed by atoms with Gasteiger partial charge in [0.1, 0.15) is 15.5 Å². The lowest BCUT2D eigenvalue weighted by Gasteiger charge is -2.07. The Balaban J connectivity index is 2.29. The predicted molar refractivity (Wildman–Crippen MR) is 73.2 cm³/mol. The molecule has 0 spiro atoms. The second kappa shape index (κ2) is 5.06. The first-order valence-electron chi connectivity index (χ1n) is 5.55. The van der Waals surface area contributed by atoms with Crippen LogP contribution in [-0.4, -0.2) is 15.0 Å². The fourth-order valence-corrected chi connectivity index (χ4v) is 2.56. The summed E-state index contributed by atoms with van der Waals surface area (Å²) in [6.45, 7) is 6.27. The quantitative estimate of drug-likeness (QED) is 0.862. The second-order valence-electron chi connectivity index (χ2n) is 4.34. The van der Waals surface area contributed by atoms with Gasteiger partial charge in [0, 0.05) is 16.8 Å². The third kappa shape index (κ3) is 3.20. The third-order valence-electron chi connectivity index (χ3n) is 2.42. The van der Waals surface area contributed by atoms with E-state index >= 15 is 0 Å². The van der Waals surface area contributed by atoms with Gasteiger partial charge in [0.15, 0.2) is 0 Å². The maximum absolute atomic E-state index is 5.18. The Morgan fingerprint density at radius 1 is 1.41 bits per heavy atom. The van der Waals surface area contributed by atoms with Crippen LogP contribution in [0.5, 0.6) is 0 Å². The molecule has 5 heteroatoms. The molecule has 2 aromatic heterocycles. The SMILES string of the molecule is Cc1csc(Cc2nc(=S)cc(C(C)C)[nH]2)n1. The molecule has 90 valence electrons. The Labute approximate surface area is 110 Å². The number of aryl methyl sites for hydroxylation is 1. The van der Waals surface area contributed by atoms with Crippen LogP contribution in [0.4, 0.5) is 0 Å². The molecule has 0 fully saturated rings. The summed E-state index contributed by atoms with van der Waals surface area (Å²) in [7, 11) is 0. The van der Waals surface area contributed by atoms with Gasteiger partial charge in [-0.05, 0) is 18.9 Å². The van der Waals surface area contributed by atoms with Crippen molar-refractivity contribution in [2.24, 2.45) is 0 Å². The number of aromatic amines is 1. The summed E-state index contributed by atoms with van der Waals surface area (Å²) in [5.41, 5.74) is 2.19. The van der Waals surface area contributed by atoms with Crippen molar-refractivity contribution in [3.05, 3.63) is 38.3 Å². The average Bonchev–Trinajstić information content (AvgIpc) is 2.63. The van der Waals surface area contributed by atoms with Crippen molar-refractivity contribution in [1.82, 2.24) is 15.0 Å². The van der Waals surface area contributed by atoms with Gasteiger partial charge in [-0.2, -0.15) is 0 Å². The van der Waals surface area contributed by atoms with Gasteiger partial charge in [-0.3, -0.25) is 0 Å². The molecular formula is C12H15N3S2. The fraction of sp³-hybridized carbons (Fsp3) is 0.417. The highest BCUT2D eigenvalue weighted by atomic mass is 32.1. The Hall–Kier alpha value is -1.07. The highest BCUT2D eigenvalue weighted by Crippen LogP contribution is 2.15. The number of thiazole rings is 1. The van der Waals surface area contributed by atoms with Gasteiger partial charge in [0.25, 0.3) is 0 Å². The molecule has 2 rings (SSSR count). The molecule has 0 amide bonds. The summed E-state index contributed by atoms with van der Waals surface area (Å²) < 4.78 is 0.649. The van der Waals surface area contributed by atoms with E-state index in [2.05, 4.69) is 34.2 Å². The van der Waals surface area contributed by atoms with Crippen molar-refractivity contribution in [3.8, 4) is 0 Å². The molecule has 0 aliphatic heterocycles. The Morgan fingerprint density at radius 3 is 2.76 bits per heavy atom. The monoisotopic (exact) mass is 265 g/mol. The minimum atomic E-state index is 0.427. The molecule has 2 aromatic rings. The molecule has 17 heavy (non-hydrogen) atoms. The fourth-order valence-electron chi connectivity index (χ4n) is 1.55. The van der Waals surface area contributed by atoms with E-state index in [1.54, 1.807) is 11.3 Å². The molecule has 0 aliphatic rings. The Kier molecular flexibility index (Phi) is 3.69. The molecule has 0 aliphatic carbocycles. The van der Waals surface area contributed by atoms with Crippen LogP contribution in [-0.2, 0) is 6.42 Å². The molecule has 1 N–H and O–H groups in total. The summed E-state index contributed by atoms with van der Waals surface area (Å²) in [4.78, 5) is 12.1. The minimum Gasteiger partial charge on any atom is -0.347 e. The highest BCUT2D eigenvalue weighted by molar-refractivity contribution is 7.71. The molecule has 0 radical (unpaired) electrons. The largest absolute Gasteiger partial charge is 0.347 e. The zero-order valence-electron chi connectivity index (χ0n) is 10.2. The van der Waals surface area contributed by atoms with E-state index in [-0.39, 0.29) is 0 Å². The van der Waals surface area contributed by atoms with Gasteiger partial charge < -0.3 is 4.98 Å². The number of hydrogen-bond acceptors (Lipinski definition) is 4. The number of rotatable bonds is 3. The van der Waals surface area contributed by atoms with Gasteiger partial charge in [-0.15, -0.1) is 11.3 Å². The normalized spacial score (nSPS) is 11.1. The van der Waals surface area contributed by atoms with Crippen LogP contribution in [0.2, 0.25) is 0 Å². The Bertz CT molecular complexity index is 569. The molecular weight excluding hydrogens is 250 g/mol. The van der Waals surface area contributed by atoms with Crippen molar-refractivity contribution in [3.63, 3.8) is 0 Å². The minimum absolute atomic E-state index is 0.427. The summed E-state index contributed by atoms with van der Waals surface area (Å²) in [6.07, 6.45) is 0.725. The first kappa shape index (κ1) is 12.4. The standard InChI is InChI=1S/C12H15N3S2/c1-7(2)9-4-11(16)15-10(14-9)5-12-13-8(3)6-17-12/h4,6-7H,5H2,1-3H3,(H,14,15,16). The first-order chi connectivity index (χ1) is 8.04. The maximum Gasteiger partial charge on any atom is 0.130 e. The number of hydrogen-bond donors (Lipinski definition) is 1. The van der Waals surface area contributed by atoms with Gasteiger partial charge in [0.2, 0.25) is 0 Å². The number of H-pyrrole nitrogens is 1. The predicted octanol–water partition coefficient (Wildman–Crippen LogP) is 3.62. The number of nitrogens with zero attached hydrogens (tertiary/aromatic N) is 2. The highest BCUT2D eigenvalue weighted by Gasteiger charge is 2.06. The first-order valence-corrected chi connectivity index (χ1v) is 6.84. The van der Waals surface area contributed by atoms with Gasteiger partial charge in [0.05, 0.1) is 6.42 Å². The van der Waals surface area contributed by atoms with E-state index in [4.69, 9.17) is 12.2 Å². The van der Waals surface area contributed by atoms with Crippen molar-refractivity contribution in [2.75, 3.05) is 0 Å². The van der Waals surface area contributed by atoms with E-state index in [1.165, 1.54) is 0 Å². The summed E-state index contributed by atoms with van der Waals surface area (Å²) in [5.74, 6) is 1.33. The van der Waals surface area contributed by atoms with Crippen LogP contribution >= 0.6 is 23.6 Å². The molecule has 0 unspecified atom stereocenters. The summed E-state index contributed by atoms with van der Waals surface area (Å²) in [5, 5.41) is 3.12. The molecule has 0 aromatic carbocycles. The lowest BCUT2D eigenvalue weighted by molar-refractivity contribution is 0.787. The van der Waals surface area contributed by atoms with Crippen LogP contribution in [0.1, 0.15) is 42.0 Å². The van der Waals surface area contributed by atoms with Crippen LogP contribution < -0.4 is 0 Å². The molecule has 0 bridgehead atoms. The molecule has 3 nitrogen and oxygen atoms in total. The summed E-state index contributed by atoms with van der Waals surface area (Å²) in [6, 6.07) is 1.93.